The lowest BCUT2D eigenvalue weighted by Crippen LogP contribution is -2.56. The van der Waals surface area contributed by atoms with Gasteiger partial charge in [0.05, 0.1) is 25.6 Å². The van der Waals surface area contributed by atoms with Crippen molar-refractivity contribution in [1.82, 2.24) is 15.5 Å². The number of carbonyl (C=O) groups excluding carboxylic acids is 2. The summed E-state index contributed by atoms with van der Waals surface area (Å²) in [5.74, 6) is -0.132. The zero-order valence-corrected chi connectivity index (χ0v) is 14.2. The van der Waals surface area contributed by atoms with Gasteiger partial charge in [-0.3, -0.25) is 9.59 Å². The Hall–Kier alpha value is -1.15. The van der Waals surface area contributed by atoms with Crippen molar-refractivity contribution in [3.63, 3.8) is 0 Å². The molecule has 1 saturated heterocycles. The lowest BCUT2D eigenvalue weighted by molar-refractivity contribution is -0.138. The molecule has 1 atom stereocenters. The molecule has 2 amide bonds. The second-order valence-electron chi connectivity index (χ2n) is 4.89. The van der Waals surface area contributed by atoms with Crippen molar-refractivity contribution < 1.29 is 14.3 Å². The first-order valence-electron chi connectivity index (χ1n) is 7.01. The summed E-state index contributed by atoms with van der Waals surface area (Å²) in [6.45, 7) is 2.98. The molecule has 22 heavy (non-hydrogen) atoms. The molecule has 124 valence electrons. The SMILES string of the molecule is COCCN1CCNC(CC(=O)NCc2cccs2)C1=O.Cl. The van der Waals surface area contributed by atoms with Gasteiger partial charge in [-0.05, 0) is 11.4 Å². The molecule has 1 aliphatic heterocycles. The molecule has 1 fully saturated rings. The standard InChI is InChI=1S/C14H21N3O3S.ClH/c1-20-7-6-17-5-4-15-12(14(17)19)9-13(18)16-10-11-3-2-8-21-11;/h2-3,8,12,15H,4-7,9-10H2,1H3,(H,16,18);1H. The summed E-state index contributed by atoms with van der Waals surface area (Å²) in [6.07, 6.45) is 0.174. The van der Waals surface area contributed by atoms with E-state index < -0.39 is 6.04 Å². The van der Waals surface area contributed by atoms with Crippen LogP contribution in [0, 0.1) is 0 Å². The average molecular weight is 348 g/mol. The molecule has 0 spiro atoms. The summed E-state index contributed by atoms with van der Waals surface area (Å²) >= 11 is 1.60. The van der Waals surface area contributed by atoms with Gasteiger partial charge in [-0.25, -0.2) is 0 Å². The number of nitrogens with zero attached hydrogens (tertiary/aromatic N) is 1. The summed E-state index contributed by atoms with van der Waals surface area (Å²) in [5.41, 5.74) is 0. The van der Waals surface area contributed by atoms with Gasteiger partial charge in [0, 0.05) is 31.6 Å². The van der Waals surface area contributed by atoms with Crippen LogP contribution in [0.5, 0.6) is 0 Å². The Kier molecular flexibility index (Phi) is 8.40. The van der Waals surface area contributed by atoms with Gasteiger partial charge in [0.25, 0.3) is 0 Å². The summed E-state index contributed by atoms with van der Waals surface area (Å²) in [7, 11) is 1.61. The minimum absolute atomic E-state index is 0. The van der Waals surface area contributed by atoms with Gasteiger partial charge in [0.1, 0.15) is 0 Å². The van der Waals surface area contributed by atoms with E-state index in [0.29, 0.717) is 32.8 Å². The number of thiophene rings is 1. The first-order chi connectivity index (χ1) is 10.2. The van der Waals surface area contributed by atoms with E-state index in [0.717, 1.165) is 4.88 Å². The Balaban J connectivity index is 0.00000242. The molecule has 0 bridgehead atoms. The van der Waals surface area contributed by atoms with Crippen LogP contribution in [-0.4, -0.2) is 56.1 Å². The van der Waals surface area contributed by atoms with Crippen LogP contribution in [0.1, 0.15) is 11.3 Å². The highest BCUT2D eigenvalue weighted by molar-refractivity contribution is 7.09. The van der Waals surface area contributed by atoms with Crippen molar-refractivity contribution in [3.8, 4) is 0 Å². The predicted molar refractivity (Wildman–Crippen MR) is 88.3 cm³/mol. The fraction of sp³-hybridized carbons (Fsp3) is 0.571. The number of nitrogens with one attached hydrogen (secondary N) is 2. The highest BCUT2D eigenvalue weighted by Crippen LogP contribution is 2.08. The summed E-state index contributed by atoms with van der Waals surface area (Å²) in [5, 5.41) is 7.93. The number of ether oxygens (including phenoxy) is 1. The first-order valence-corrected chi connectivity index (χ1v) is 7.89. The normalized spacial score (nSPS) is 18.0. The number of hydrogen-bond donors (Lipinski definition) is 2. The molecule has 2 rings (SSSR count). The van der Waals surface area contributed by atoms with Crippen LogP contribution in [0.2, 0.25) is 0 Å². The Morgan fingerprint density at radius 2 is 2.41 bits per heavy atom. The van der Waals surface area contributed by atoms with E-state index in [1.54, 1.807) is 23.3 Å². The molecule has 0 aromatic carbocycles. The zero-order chi connectivity index (χ0) is 15.1. The van der Waals surface area contributed by atoms with Crippen LogP contribution >= 0.6 is 23.7 Å². The molecule has 1 unspecified atom stereocenters. The van der Waals surface area contributed by atoms with Crippen LogP contribution in [0.4, 0.5) is 0 Å². The van der Waals surface area contributed by atoms with Gasteiger partial charge in [-0.15, -0.1) is 23.7 Å². The van der Waals surface area contributed by atoms with Gasteiger partial charge >= 0.3 is 0 Å². The summed E-state index contributed by atoms with van der Waals surface area (Å²) in [4.78, 5) is 27.0. The Morgan fingerprint density at radius 1 is 1.59 bits per heavy atom. The fourth-order valence-electron chi connectivity index (χ4n) is 2.23. The quantitative estimate of drug-likeness (QED) is 0.758. The van der Waals surface area contributed by atoms with Crippen LogP contribution in [0.3, 0.4) is 0 Å². The number of halogens is 1. The third-order valence-electron chi connectivity index (χ3n) is 3.38. The lowest BCUT2D eigenvalue weighted by Gasteiger charge is -2.32. The maximum absolute atomic E-state index is 12.2. The van der Waals surface area contributed by atoms with E-state index in [1.165, 1.54) is 0 Å². The molecule has 6 nitrogen and oxygen atoms in total. The van der Waals surface area contributed by atoms with Crippen LogP contribution in [-0.2, 0) is 20.9 Å². The number of methoxy groups -OCH3 is 1. The molecule has 1 aromatic rings. The highest BCUT2D eigenvalue weighted by Gasteiger charge is 2.29. The zero-order valence-electron chi connectivity index (χ0n) is 12.5. The third-order valence-corrected chi connectivity index (χ3v) is 4.25. The van der Waals surface area contributed by atoms with Crippen LogP contribution in [0.25, 0.3) is 0 Å². The van der Waals surface area contributed by atoms with E-state index in [2.05, 4.69) is 10.6 Å². The highest BCUT2D eigenvalue weighted by atomic mass is 35.5. The van der Waals surface area contributed by atoms with Gasteiger partial charge in [0.15, 0.2) is 0 Å². The molecular weight excluding hydrogens is 326 g/mol. The molecule has 2 heterocycles. The maximum atomic E-state index is 12.2. The average Bonchev–Trinajstić information content (AvgIpc) is 2.99. The van der Waals surface area contributed by atoms with Crippen molar-refractivity contribution in [2.75, 3.05) is 33.4 Å². The minimum Gasteiger partial charge on any atom is -0.383 e. The van der Waals surface area contributed by atoms with Crippen molar-refractivity contribution in [2.45, 2.75) is 19.0 Å². The van der Waals surface area contributed by atoms with Gasteiger partial charge in [0.2, 0.25) is 11.8 Å². The Labute approximate surface area is 140 Å². The molecule has 2 N–H and O–H groups in total. The summed E-state index contributed by atoms with van der Waals surface area (Å²) in [6, 6.07) is 3.49. The number of piperazine rings is 1. The molecule has 1 aromatic heterocycles. The van der Waals surface area contributed by atoms with Gasteiger partial charge < -0.3 is 20.3 Å². The third kappa shape index (κ3) is 5.57. The largest absolute Gasteiger partial charge is 0.383 e. The fourth-order valence-corrected chi connectivity index (χ4v) is 2.88. The van der Waals surface area contributed by atoms with Crippen molar-refractivity contribution in [2.24, 2.45) is 0 Å². The number of rotatable bonds is 7. The maximum Gasteiger partial charge on any atom is 0.240 e. The number of hydrogen-bond acceptors (Lipinski definition) is 5. The second kappa shape index (κ2) is 9.78. The van der Waals surface area contributed by atoms with Crippen LogP contribution in [0.15, 0.2) is 17.5 Å². The number of carbonyl (C=O) groups is 2. The second-order valence-corrected chi connectivity index (χ2v) is 5.92. The smallest absolute Gasteiger partial charge is 0.240 e. The molecule has 0 radical (unpaired) electrons. The molecule has 1 aliphatic rings. The van der Waals surface area contributed by atoms with Crippen molar-refractivity contribution in [3.05, 3.63) is 22.4 Å². The number of amides is 2. The van der Waals surface area contributed by atoms with Crippen molar-refractivity contribution in [1.29, 1.82) is 0 Å². The van der Waals surface area contributed by atoms with Gasteiger partial charge in [-0.2, -0.15) is 0 Å². The monoisotopic (exact) mass is 347 g/mol. The Bertz CT molecular complexity index is 470. The molecule has 0 saturated carbocycles. The van der Waals surface area contributed by atoms with E-state index in [-0.39, 0.29) is 30.6 Å². The van der Waals surface area contributed by atoms with Crippen molar-refractivity contribution >= 4 is 35.6 Å². The lowest BCUT2D eigenvalue weighted by atomic mass is 10.1. The molecule has 8 heteroatoms. The van der Waals surface area contributed by atoms with Crippen LogP contribution < -0.4 is 10.6 Å². The molecular formula is C14H22ClN3O3S. The molecule has 0 aliphatic carbocycles. The van der Waals surface area contributed by atoms with E-state index in [1.807, 2.05) is 17.5 Å². The Morgan fingerprint density at radius 3 is 3.09 bits per heavy atom. The first kappa shape index (κ1) is 18.9. The topological polar surface area (TPSA) is 70.7 Å². The van der Waals surface area contributed by atoms with E-state index >= 15 is 0 Å². The predicted octanol–water partition coefficient (Wildman–Crippen LogP) is 0.623. The summed E-state index contributed by atoms with van der Waals surface area (Å²) < 4.78 is 5.00. The minimum atomic E-state index is -0.432. The van der Waals surface area contributed by atoms with E-state index in [4.69, 9.17) is 4.74 Å². The van der Waals surface area contributed by atoms with Gasteiger partial charge in [-0.1, -0.05) is 6.07 Å². The van der Waals surface area contributed by atoms with E-state index in [9.17, 15) is 9.59 Å².